The molecular weight excluding hydrogens is 488 g/mol. The molecule has 0 spiro atoms. The lowest BCUT2D eigenvalue weighted by atomic mass is 9.72. The summed E-state index contributed by atoms with van der Waals surface area (Å²) in [5, 5.41) is 20.1. The number of aromatic amines is 1. The molecule has 3 aromatic rings. The second kappa shape index (κ2) is 10.5. The van der Waals surface area contributed by atoms with E-state index in [0.29, 0.717) is 55.0 Å². The van der Waals surface area contributed by atoms with Crippen LogP contribution >= 0.6 is 11.6 Å². The lowest BCUT2D eigenvalue weighted by Gasteiger charge is -2.43. The van der Waals surface area contributed by atoms with Crippen LogP contribution in [-0.4, -0.2) is 43.7 Å². The van der Waals surface area contributed by atoms with Crippen LogP contribution in [0.4, 0.5) is 20.4 Å². The Morgan fingerprint density at radius 1 is 1.31 bits per heavy atom. The minimum Gasteiger partial charge on any atom is -0.481 e. The summed E-state index contributed by atoms with van der Waals surface area (Å²) in [6, 6.07) is 8.17. The highest BCUT2D eigenvalue weighted by molar-refractivity contribution is 6.30. The molecule has 0 saturated carbocycles. The van der Waals surface area contributed by atoms with Crippen LogP contribution in [0.5, 0.6) is 0 Å². The van der Waals surface area contributed by atoms with Gasteiger partial charge in [0.05, 0.1) is 10.4 Å². The highest BCUT2D eigenvalue weighted by atomic mass is 35.5. The number of halogens is 3. The van der Waals surface area contributed by atoms with Crippen LogP contribution in [0, 0.1) is 24.0 Å². The van der Waals surface area contributed by atoms with E-state index >= 15 is 4.39 Å². The summed E-state index contributed by atoms with van der Waals surface area (Å²) in [6.07, 6.45) is 1.31. The van der Waals surface area contributed by atoms with E-state index in [1.54, 1.807) is 24.3 Å². The van der Waals surface area contributed by atoms with E-state index in [0.717, 1.165) is 5.69 Å². The van der Waals surface area contributed by atoms with Crippen LogP contribution in [0.3, 0.4) is 0 Å². The van der Waals surface area contributed by atoms with Crippen molar-refractivity contribution >= 4 is 29.2 Å². The van der Waals surface area contributed by atoms with Crippen molar-refractivity contribution in [3.8, 4) is 0 Å². The molecule has 2 atom stereocenters. The molecule has 7 nitrogen and oxygen atoms in total. The number of hydrogen-bond acceptors (Lipinski definition) is 5. The fourth-order valence-corrected chi connectivity index (χ4v) is 5.15. The van der Waals surface area contributed by atoms with Gasteiger partial charge in [0.25, 0.3) is 0 Å². The van der Waals surface area contributed by atoms with Crippen LogP contribution in [0.25, 0.3) is 0 Å². The van der Waals surface area contributed by atoms with Crippen molar-refractivity contribution in [2.45, 2.75) is 59.0 Å². The Morgan fingerprint density at radius 3 is 2.72 bits per heavy atom. The maximum absolute atomic E-state index is 15.0. The van der Waals surface area contributed by atoms with Gasteiger partial charge in [-0.25, -0.2) is 13.8 Å². The number of carbonyl (C=O) groups is 1. The van der Waals surface area contributed by atoms with Crippen LogP contribution in [0.15, 0.2) is 30.3 Å². The number of carboxylic acids is 1. The summed E-state index contributed by atoms with van der Waals surface area (Å²) in [4.78, 5) is 19.1. The Hall–Kier alpha value is -3.04. The first-order valence-electron chi connectivity index (χ1n) is 12.0. The number of aromatic nitrogens is 3. The molecule has 0 bridgehead atoms. The van der Waals surface area contributed by atoms with Gasteiger partial charge in [-0.3, -0.25) is 14.8 Å². The second-order valence-corrected chi connectivity index (χ2v) is 10.0. The van der Waals surface area contributed by atoms with Crippen molar-refractivity contribution < 1.29 is 18.7 Å². The number of H-pyrrole nitrogens is 1. The van der Waals surface area contributed by atoms with Crippen LogP contribution < -0.4 is 5.32 Å². The number of anilines is 2. The Bertz CT molecular complexity index is 1270. The lowest BCUT2D eigenvalue weighted by Crippen LogP contribution is -2.49. The SMILES string of the molecule is CCc1cc(C[C@@]2(C(=O)O)CCN(Cc3cccc(Cl)c3F)[C@H](C)C2)nc(Nc2cc(C)[nH]n2)c1F. The largest absolute Gasteiger partial charge is 0.481 e. The van der Waals surface area contributed by atoms with Crippen LogP contribution in [-0.2, 0) is 24.2 Å². The molecule has 1 fully saturated rings. The number of likely N-dealkylation sites (tertiary alicyclic amines) is 1. The van der Waals surface area contributed by atoms with E-state index in [-0.39, 0.29) is 23.3 Å². The number of pyridine rings is 1. The minimum absolute atomic E-state index is 0.0262. The van der Waals surface area contributed by atoms with E-state index in [2.05, 4.69) is 25.4 Å². The molecule has 0 radical (unpaired) electrons. The normalized spacial score (nSPS) is 20.4. The van der Waals surface area contributed by atoms with Gasteiger partial charge in [0.15, 0.2) is 17.5 Å². The van der Waals surface area contributed by atoms with Crippen molar-refractivity contribution in [3.63, 3.8) is 0 Å². The van der Waals surface area contributed by atoms with E-state index in [9.17, 15) is 14.3 Å². The van der Waals surface area contributed by atoms with Gasteiger partial charge >= 0.3 is 5.97 Å². The number of piperidine rings is 1. The van der Waals surface area contributed by atoms with Gasteiger partial charge in [-0.2, -0.15) is 5.10 Å². The molecule has 1 aliphatic rings. The first-order chi connectivity index (χ1) is 17.1. The molecule has 0 amide bonds. The van der Waals surface area contributed by atoms with Crippen LogP contribution in [0.2, 0.25) is 5.02 Å². The number of rotatable bonds is 8. The summed E-state index contributed by atoms with van der Waals surface area (Å²) in [7, 11) is 0. The number of nitrogens with one attached hydrogen (secondary N) is 2. The van der Waals surface area contributed by atoms with Gasteiger partial charge in [0.2, 0.25) is 0 Å². The molecule has 1 aliphatic heterocycles. The third-order valence-electron chi connectivity index (χ3n) is 6.98. The summed E-state index contributed by atoms with van der Waals surface area (Å²) in [5.41, 5.74) is 1.19. The second-order valence-electron chi connectivity index (χ2n) is 9.60. The molecule has 0 unspecified atom stereocenters. The van der Waals surface area contributed by atoms with Gasteiger partial charge in [0.1, 0.15) is 5.82 Å². The van der Waals surface area contributed by atoms with Gasteiger partial charge in [-0.15, -0.1) is 0 Å². The Balaban J connectivity index is 1.57. The third-order valence-corrected chi connectivity index (χ3v) is 7.28. The average molecular weight is 518 g/mol. The van der Waals surface area contributed by atoms with Gasteiger partial charge in [-0.05, 0) is 57.4 Å². The van der Waals surface area contributed by atoms with Gasteiger partial charge in [0, 0.05) is 42.0 Å². The smallest absolute Gasteiger partial charge is 0.310 e. The van der Waals surface area contributed by atoms with E-state index < -0.39 is 23.0 Å². The summed E-state index contributed by atoms with van der Waals surface area (Å²) >= 11 is 5.93. The standard InChI is InChI=1S/C26H30ClF2N5O2/c1-4-17-11-19(30-24(23(17)29)31-21-10-15(2)32-33-21)13-26(25(35)36)8-9-34(16(3)12-26)14-18-6-5-7-20(27)22(18)28/h5-7,10-11,16H,4,8-9,12-14H2,1-3H3,(H,35,36)(H2,30,31,32,33)/t16-,26-/m1/s1. The molecule has 2 aromatic heterocycles. The number of hydrogen-bond donors (Lipinski definition) is 3. The molecule has 3 heterocycles. The summed E-state index contributed by atoms with van der Waals surface area (Å²) in [5.74, 6) is -1.38. The molecule has 3 N–H and O–H groups in total. The maximum atomic E-state index is 15.0. The molecule has 0 aliphatic carbocycles. The highest BCUT2D eigenvalue weighted by Crippen LogP contribution is 2.39. The first kappa shape index (κ1) is 26.0. The monoisotopic (exact) mass is 517 g/mol. The van der Waals surface area contributed by atoms with Gasteiger partial charge in [-0.1, -0.05) is 30.7 Å². The molecule has 1 aromatic carbocycles. The maximum Gasteiger partial charge on any atom is 0.310 e. The van der Waals surface area contributed by atoms with Crippen LogP contribution in [0.1, 0.15) is 49.2 Å². The van der Waals surface area contributed by atoms with Crippen molar-refractivity contribution in [2.24, 2.45) is 5.41 Å². The van der Waals surface area contributed by atoms with E-state index in [4.69, 9.17) is 11.6 Å². The number of aryl methyl sites for hydroxylation is 2. The summed E-state index contributed by atoms with van der Waals surface area (Å²) < 4.78 is 29.5. The number of nitrogens with zero attached hydrogens (tertiary/aromatic N) is 3. The Labute approximate surface area is 213 Å². The number of benzene rings is 1. The zero-order valence-corrected chi connectivity index (χ0v) is 21.3. The molecule has 192 valence electrons. The zero-order chi connectivity index (χ0) is 26.0. The quantitative estimate of drug-likeness (QED) is 0.357. The lowest BCUT2D eigenvalue weighted by molar-refractivity contribution is -0.153. The molecule has 36 heavy (non-hydrogen) atoms. The predicted molar refractivity (Wildman–Crippen MR) is 134 cm³/mol. The fraction of sp³-hybridized carbons (Fsp3) is 0.423. The fourth-order valence-electron chi connectivity index (χ4n) is 4.95. The van der Waals surface area contributed by atoms with E-state index in [1.165, 1.54) is 6.07 Å². The number of aliphatic carboxylic acids is 1. The Morgan fingerprint density at radius 2 is 2.08 bits per heavy atom. The van der Waals surface area contributed by atoms with Crippen molar-refractivity contribution in [1.29, 1.82) is 0 Å². The average Bonchev–Trinajstić information content (AvgIpc) is 3.24. The van der Waals surface area contributed by atoms with Gasteiger partial charge < -0.3 is 10.4 Å². The van der Waals surface area contributed by atoms with E-state index in [1.807, 2.05) is 20.8 Å². The molecule has 10 heteroatoms. The van der Waals surface area contributed by atoms with Crippen molar-refractivity contribution in [3.05, 3.63) is 69.5 Å². The summed E-state index contributed by atoms with van der Waals surface area (Å²) in [6.45, 7) is 6.43. The van der Waals surface area contributed by atoms with Crippen molar-refractivity contribution in [1.82, 2.24) is 20.1 Å². The molecule has 4 rings (SSSR count). The zero-order valence-electron chi connectivity index (χ0n) is 20.5. The Kier molecular flexibility index (Phi) is 7.61. The van der Waals surface area contributed by atoms with Crippen molar-refractivity contribution in [2.75, 3.05) is 11.9 Å². The predicted octanol–water partition coefficient (Wildman–Crippen LogP) is 5.65. The topological polar surface area (TPSA) is 94.1 Å². The minimum atomic E-state index is -1.07. The first-order valence-corrected chi connectivity index (χ1v) is 12.4. The molecule has 1 saturated heterocycles. The molecular formula is C26H30ClF2N5O2. The highest BCUT2D eigenvalue weighted by Gasteiger charge is 2.45. The third kappa shape index (κ3) is 5.37. The number of carboxylic acid groups (broad SMARTS) is 1.